The van der Waals surface area contributed by atoms with Crippen molar-refractivity contribution in [1.82, 2.24) is 15.6 Å². The fourth-order valence-electron chi connectivity index (χ4n) is 2.22. The Morgan fingerprint density at radius 3 is 2.86 bits per heavy atom. The first kappa shape index (κ1) is 16.4. The number of ether oxygens (including phenoxy) is 1. The average molecular weight is 311 g/mol. The van der Waals surface area contributed by atoms with Crippen LogP contribution in [0.3, 0.4) is 0 Å². The number of hydrogen-bond acceptors (Lipinski definition) is 5. The van der Waals surface area contributed by atoms with Crippen molar-refractivity contribution in [3.8, 4) is 0 Å². The van der Waals surface area contributed by atoms with E-state index in [2.05, 4.69) is 41.8 Å². The largest absolute Gasteiger partial charge is 0.375 e. The van der Waals surface area contributed by atoms with Crippen LogP contribution in [0.4, 0.5) is 0 Å². The van der Waals surface area contributed by atoms with Crippen LogP contribution in [0.2, 0.25) is 0 Å². The van der Waals surface area contributed by atoms with E-state index in [1.54, 1.807) is 11.3 Å². The molecule has 0 aromatic carbocycles. The van der Waals surface area contributed by atoms with Crippen LogP contribution in [0.1, 0.15) is 51.4 Å². The van der Waals surface area contributed by atoms with Crippen molar-refractivity contribution >= 4 is 17.2 Å². The molecule has 2 heterocycles. The summed E-state index contributed by atoms with van der Waals surface area (Å²) in [4.78, 5) is 17.0. The highest BCUT2D eigenvalue weighted by Gasteiger charge is 2.29. The van der Waals surface area contributed by atoms with E-state index in [0.717, 1.165) is 10.7 Å². The van der Waals surface area contributed by atoms with Crippen LogP contribution in [0.5, 0.6) is 0 Å². The van der Waals surface area contributed by atoms with E-state index in [-0.39, 0.29) is 29.5 Å². The summed E-state index contributed by atoms with van der Waals surface area (Å²) in [5.41, 5.74) is 1.10. The van der Waals surface area contributed by atoms with E-state index < -0.39 is 0 Å². The first-order chi connectivity index (χ1) is 9.79. The number of nitrogens with one attached hydrogen (secondary N) is 2. The monoisotopic (exact) mass is 311 g/mol. The molecular weight excluding hydrogens is 286 g/mol. The molecule has 0 spiro atoms. The molecule has 1 aliphatic heterocycles. The van der Waals surface area contributed by atoms with Crippen LogP contribution >= 0.6 is 11.3 Å². The van der Waals surface area contributed by atoms with Gasteiger partial charge in [0, 0.05) is 17.3 Å². The zero-order valence-corrected chi connectivity index (χ0v) is 14.2. The first-order valence-corrected chi connectivity index (χ1v) is 8.28. The summed E-state index contributed by atoms with van der Waals surface area (Å²) in [5.74, 6) is -0.0257. The maximum Gasteiger partial charge on any atom is 0.240 e. The van der Waals surface area contributed by atoms with Gasteiger partial charge in [-0.3, -0.25) is 4.79 Å². The number of rotatable bonds is 3. The van der Waals surface area contributed by atoms with Crippen LogP contribution in [0.25, 0.3) is 0 Å². The lowest BCUT2D eigenvalue weighted by Gasteiger charge is -2.30. The molecule has 1 aromatic heterocycles. The molecule has 0 radical (unpaired) electrons. The zero-order valence-electron chi connectivity index (χ0n) is 13.4. The lowest BCUT2D eigenvalue weighted by Crippen LogP contribution is -2.55. The Morgan fingerprint density at radius 2 is 2.29 bits per heavy atom. The second-order valence-electron chi connectivity index (χ2n) is 6.56. The zero-order chi connectivity index (χ0) is 15.6. The quantitative estimate of drug-likeness (QED) is 0.896. The molecule has 2 rings (SSSR count). The highest BCUT2D eigenvalue weighted by Crippen LogP contribution is 2.26. The summed E-state index contributed by atoms with van der Waals surface area (Å²) in [7, 11) is 0. The van der Waals surface area contributed by atoms with Crippen molar-refractivity contribution in [2.45, 2.75) is 58.2 Å². The normalized spacial score (nSPS) is 24.6. The standard InChI is InChI=1S/C15H25N3O2S/c1-9(14-18-11(8-21-14)15(3,4)5)17-13(19)12-10(2)20-7-6-16-12/h8-10,12,16H,6-7H2,1-5H3,(H,17,19)/t9?,10-,12+/m1/s1. The summed E-state index contributed by atoms with van der Waals surface area (Å²) in [5, 5.41) is 9.24. The number of aromatic nitrogens is 1. The second-order valence-corrected chi connectivity index (χ2v) is 7.45. The van der Waals surface area contributed by atoms with Crippen molar-refractivity contribution < 1.29 is 9.53 Å². The Morgan fingerprint density at radius 1 is 1.57 bits per heavy atom. The second kappa shape index (κ2) is 6.42. The Balaban J connectivity index is 1.99. The summed E-state index contributed by atoms with van der Waals surface area (Å²) >= 11 is 1.60. The van der Waals surface area contributed by atoms with Gasteiger partial charge in [-0.1, -0.05) is 20.8 Å². The third kappa shape index (κ3) is 4.02. The third-order valence-corrected chi connectivity index (χ3v) is 4.65. The van der Waals surface area contributed by atoms with E-state index in [1.807, 2.05) is 13.8 Å². The lowest BCUT2D eigenvalue weighted by atomic mass is 9.93. The molecule has 6 heteroatoms. The molecule has 2 N–H and O–H groups in total. The van der Waals surface area contributed by atoms with Gasteiger partial charge in [-0.15, -0.1) is 11.3 Å². The molecule has 0 bridgehead atoms. The summed E-state index contributed by atoms with van der Waals surface area (Å²) < 4.78 is 5.51. The Bertz CT molecular complexity index is 495. The van der Waals surface area contributed by atoms with Crippen LogP contribution in [0, 0.1) is 0 Å². The first-order valence-electron chi connectivity index (χ1n) is 7.40. The highest BCUT2D eigenvalue weighted by molar-refractivity contribution is 7.09. The number of thiazole rings is 1. The smallest absolute Gasteiger partial charge is 0.240 e. The van der Waals surface area contributed by atoms with Gasteiger partial charge in [0.2, 0.25) is 5.91 Å². The van der Waals surface area contributed by atoms with E-state index >= 15 is 0 Å². The summed E-state index contributed by atoms with van der Waals surface area (Å²) in [6.45, 7) is 11.7. The minimum Gasteiger partial charge on any atom is -0.375 e. The number of hydrogen-bond donors (Lipinski definition) is 2. The number of carbonyl (C=O) groups excluding carboxylic acids is 1. The topological polar surface area (TPSA) is 63.2 Å². The summed E-state index contributed by atoms with van der Waals surface area (Å²) in [6, 6.07) is -0.377. The predicted octanol–water partition coefficient (Wildman–Crippen LogP) is 1.99. The van der Waals surface area contributed by atoms with Gasteiger partial charge in [0.05, 0.1) is 24.4 Å². The molecule has 1 aromatic rings. The fourth-order valence-corrected chi connectivity index (χ4v) is 3.28. The fraction of sp³-hybridized carbons (Fsp3) is 0.733. The Kier molecular flexibility index (Phi) is 5.01. The van der Waals surface area contributed by atoms with E-state index in [9.17, 15) is 4.79 Å². The van der Waals surface area contributed by atoms with Gasteiger partial charge < -0.3 is 15.4 Å². The van der Waals surface area contributed by atoms with Gasteiger partial charge >= 0.3 is 0 Å². The molecule has 0 aliphatic carbocycles. The number of morpholine rings is 1. The SMILES string of the molecule is CC(NC(=O)[C@H]1NCCO[C@@H]1C)c1nc(C(C)(C)C)cs1. The molecule has 118 valence electrons. The molecular formula is C15H25N3O2S. The lowest BCUT2D eigenvalue weighted by molar-refractivity contribution is -0.129. The van der Waals surface area contributed by atoms with Crippen molar-refractivity contribution in [2.75, 3.05) is 13.2 Å². The summed E-state index contributed by atoms with van der Waals surface area (Å²) in [6.07, 6.45) is -0.104. The Labute approximate surface area is 130 Å². The molecule has 1 aliphatic rings. The number of carbonyl (C=O) groups is 1. The van der Waals surface area contributed by atoms with Gasteiger partial charge in [-0.05, 0) is 13.8 Å². The maximum atomic E-state index is 12.3. The van der Waals surface area contributed by atoms with Crippen LogP contribution in [-0.2, 0) is 14.9 Å². The van der Waals surface area contributed by atoms with E-state index in [0.29, 0.717) is 13.2 Å². The molecule has 1 amide bonds. The predicted molar refractivity (Wildman–Crippen MR) is 84.6 cm³/mol. The van der Waals surface area contributed by atoms with E-state index in [4.69, 9.17) is 4.74 Å². The van der Waals surface area contributed by atoms with Crippen LogP contribution in [-0.4, -0.2) is 36.2 Å². The molecule has 1 fully saturated rings. The third-order valence-electron chi connectivity index (χ3n) is 3.62. The minimum atomic E-state index is -0.289. The maximum absolute atomic E-state index is 12.3. The van der Waals surface area contributed by atoms with Gasteiger partial charge in [0.15, 0.2) is 0 Å². The van der Waals surface area contributed by atoms with Gasteiger partial charge in [0.25, 0.3) is 0 Å². The van der Waals surface area contributed by atoms with E-state index in [1.165, 1.54) is 0 Å². The molecule has 1 unspecified atom stereocenters. The van der Waals surface area contributed by atoms with Crippen LogP contribution in [0.15, 0.2) is 5.38 Å². The molecule has 5 nitrogen and oxygen atoms in total. The Hall–Kier alpha value is -0.980. The van der Waals surface area contributed by atoms with Crippen LogP contribution < -0.4 is 10.6 Å². The van der Waals surface area contributed by atoms with Gasteiger partial charge in [-0.25, -0.2) is 4.98 Å². The average Bonchev–Trinajstić information content (AvgIpc) is 2.88. The molecule has 0 saturated carbocycles. The number of nitrogens with zero attached hydrogens (tertiary/aromatic N) is 1. The molecule has 21 heavy (non-hydrogen) atoms. The van der Waals surface area contributed by atoms with Gasteiger partial charge in [-0.2, -0.15) is 0 Å². The minimum absolute atomic E-state index is 0.0257. The van der Waals surface area contributed by atoms with Crippen molar-refractivity contribution in [3.63, 3.8) is 0 Å². The van der Waals surface area contributed by atoms with Gasteiger partial charge in [0.1, 0.15) is 11.0 Å². The number of amides is 1. The highest BCUT2D eigenvalue weighted by atomic mass is 32.1. The van der Waals surface area contributed by atoms with Crippen molar-refractivity contribution in [1.29, 1.82) is 0 Å². The van der Waals surface area contributed by atoms with Crippen molar-refractivity contribution in [2.24, 2.45) is 0 Å². The molecule has 3 atom stereocenters. The van der Waals surface area contributed by atoms with Crippen molar-refractivity contribution in [3.05, 3.63) is 16.1 Å². The molecule has 1 saturated heterocycles.